The summed E-state index contributed by atoms with van der Waals surface area (Å²) in [5.74, 6) is 0.0241. The predicted octanol–water partition coefficient (Wildman–Crippen LogP) is 8.16. The van der Waals surface area contributed by atoms with Crippen LogP contribution < -0.4 is 3.71 Å². The van der Waals surface area contributed by atoms with Crippen LogP contribution in [0, 0.1) is 5.82 Å². The van der Waals surface area contributed by atoms with Gasteiger partial charge >= 0.3 is 241 Å². The summed E-state index contributed by atoms with van der Waals surface area (Å²) in [5.41, 5.74) is 2.87. The Morgan fingerprint density at radius 2 is 1.59 bits per heavy atom. The van der Waals surface area contributed by atoms with Crippen LogP contribution >= 0.6 is 11.6 Å². The van der Waals surface area contributed by atoms with E-state index in [4.69, 9.17) is 11.6 Å². The first-order valence-electron chi connectivity index (χ1n) is 14.3. The molecule has 0 amide bonds. The topological polar surface area (TPSA) is 48.5 Å². The SMILES string of the molecule is CCC[CH2][Sn]([CH2]CCC)([CH2]CCC)[c]1cncn1Cc1cncc(-c2nc3cc(F)c(Cl)cc3n2CCF)c1. The molecular formula is C30H40ClF2N5Sn. The molecule has 9 heteroatoms. The molecule has 0 aliphatic rings. The van der Waals surface area contributed by atoms with Gasteiger partial charge < -0.3 is 0 Å². The number of fused-ring (bicyclic) bond motifs is 1. The molecule has 0 atom stereocenters. The maximum atomic E-state index is 14.1. The van der Waals surface area contributed by atoms with Crippen molar-refractivity contribution in [3.63, 3.8) is 0 Å². The first-order valence-corrected chi connectivity index (χ1v) is 22.2. The first-order chi connectivity index (χ1) is 19.0. The van der Waals surface area contributed by atoms with Gasteiger partial charge in [0.2, 0.25) is 0 Å². The van der Waals surface area contributed by atoms with Crippen molar-refractivity contribution in [3.8, 4) is 11.4 Å². The fourth-order valence-corrected chi connectivity index (χ4v) is 22.2. The summed E-state index contributed by atoms with van der Waals surface area (Å²) in [5, 5.41) is -0.00225. The van der Waals surface area contributed by atoms with Crippen molar-refractivity contribution >= 4 is 44.7 Å². The molecular weight excluding hydrogens is 623 g/mol. The predicted molar refractivity (Wildman–Crippen MR) is 160 cm³/mol. The molecule has 0 aliphatic carbocycles. The molecule has 0 aliphatic heterocycles. The normalized spacial score (nSPS) is 12.1. The van der Waals surface area contributed by atoms with Gasteiger partial charge in [-0.15, -0.1) is 0 Å². The zero-order valence-corrected chi connectivity index (χ0v) is 27.0. The number of pyridine rings is 1. The molecule has 0 radical (unpaired) electrons. The van der Waals surface area contributed by atoms with E-state index in [1.54, 1.807) is 10.8 Å². The quantitative estimate of drug-likeness (QED) is 0.121. The Bertz CT molecular complexity index is 1350. The Morgan fingerprint density at radius 3 is 2.23 bits per heavy atom. The molecule has 0 saturated heterocycles. The van der Waals surface area contributed by atoms with E-state index in [-0.39, 0.29) is 11.6 Å². The summed E-state index contributed by atoms with van der Waals surface area (Å²) in [6, 6.07) is 4.88. The van der Waals surface area contributed by atoms with Crippen LogP contribution in [-0.4, -0.2) is 49.1 Å². The number of halogens is 3. The number of nitrogens with zero attached hydrogens (tertiary/aromatic N) is 5. The molecule has 1 aromatic carbocycles. The molecule has 4 rings (SSSR count). The summed E-state index contributed by atoms with van der Waals surface area (Å²) in [4.78, 5) is 13.8. The number of benzene rings is 1. The van der Waals surface area contributed by atoms with Crippen LogP contribution in [0.1, 0.15) is 64.9 Å². The molecule has 3 aromatic heterocycles. The van der Waals surface area contributed by atoms with Crippen LogP contribution in [0.2, 0.25) is 18.3 Å². The zero-order chi connectivity index (χ0) is 27.8. The number of unbranched alkanes of at least 4 members (excludes halogenated alkanes) is 3. The van der Waals surface area contributed by atoms with Gasteiger partial charge in [0.05, 0.1) is 0 Å². The van der Waals surface area contributed by atoms with Crippen molar-refractivity contribution in [1.29, 1.82) is 0 Å². The molecule has 0 spiro atoms. The molecule has 0 unspecified atom stereocenters. The Hall–Kier alpha value is -2.00. The number of aromatic nitrogens is 5. The van der Waals surface area contributed by atoms with E-state index in [1.165, 1.54) is 67.7 Å². The van der Waals surface area contributed by atoms with Crippen molar-refractivity contribution in [2.75, 3.05) is 6.67 Å². The van der Waals surface area contributed by atoms with E-state index in [0.717, 1.165) is 11.1 Å². The Morgan fingerprint density at radius 1 is 0.897 bits per heavy atom. The number of hydrogen-bond acceptors (Lipinski definition) is 3. The van der Waals surface area contributed by atoms with Gasteiger partial charge in [-0.1, -0.05) is 0 Å². The van der Waals surface area contributed by atoms with Crippen molar-refractivity contribution in [1.82, 2.24) is 24.1 Å². The summed E-state index contributed by atoms with van der Waals surface area (Å²) in [7, 11) is 0. The van der Waals surface area contributed by atoms with E-state index >= 15 is 0 Å². The number of alkyl halides is 1. The average Bonchev–Trinajstić information content (AvgIpc) is 3.54. The van der Waals surface area contributed by atoms with E-state index in [9.17, 15) is 8.78 Å². The van der Waals surface area contributed by atoms with Crippen molar-refractivity contribution in [3.05, 3.63) is 59.5 Å². The molecule has 0 N–H and O–H groups in total. The summed E-state index contributed by atoms with van der Waals surface area (Å²) >= 11 is 3.36. The molecule has 0 fully saturated rings. The van der Waals surface area contributed by atoms with E-state index in [0.29, 0.717) is 23.4 Å². The first kappa shape index (κ1) is 30.0. The minimum absolute atomic E-state index is 0.00225. The summed E-state index contributed by atoms with van der Waals surface area (Å²) in [6.45, 7) is 7.10. The van der Waals surface area contributed by atoms with Crippen LogP contribution in [0.5, 0.6) is 0 Å². The van der Waals surface area contributed by atoms with E-state index in [2.05, 4.69) is 52.6 Å². The Labute approximate surface area is 239 Å². The Kier molecular flexibility index (Phi) is 10.8. The molecule has 5 nitrogen and oxygen atoms in total. The summed E-state index contributed by atoms with van der Waals surface area (Å²) in [6.07, 6.45) is 15.3. The molecule has 210 valence electrons. The van der Waals surface area contributed by atoms with E-state index < -0.39 is 30.9 Å². The molecule has 39 heavy (non-hydrogen) atoms. The minimum atomic E-state index is -2.68. The van der Waals surface area contributed by atoms with Gasteiger partial charge in [-0.3, -0.25) is 0 Å². The van der Waals surface area contributed by atoms with Crippen molar-refractivity contribution in [2.45, 2.75) is 85.7 Å². The number of hydrogen-bond donors (Lipinski definition) is 0. The standard InChI is InChI=1S/C18H13ClF2N5.3C4H9.Sn/c19-14-6-17-16(7-15(14)21)24-18(26(17)3-1-20)13-5-12(8-23-9-13)10-25-4-2-22-11-25;3*1-3-4-2;/h2,5-9,11H,1,3,10H2;3*1,3-4H2,2H3;. The second-order valence-electron chi connectivity index (χ2n) is 10.6. The van der Waals surface area contributed by atoms with Gasteiger partial charge in [-0.2, -0.15) is 0 Å². The van der Waals surface area contributed by atoms with Crippen LogP contribution in [-0.2, 0) is 13.1 Å². The second kappa shape index (κ2) is 14.1. The average molecular weight is 663 g/mol. The third-order valence-electron chi connectivity index (χ3n) is 7.79. The fourth-order valence-electron chi connectivity index (χ4n) is 5.74. The maximum absolute atomic E-state index is 14.1. The van der Waals surface area contributed by atoms with Crippen LogP contribution in [0.4, 0.5) is 8.78 Å². The van der Waals surface area contributed by atoms with Gasteiger partial charge in [-0.05, 0) is 0 Å². The summed E-state index contributed by atoms with van der Waals surface area (Å²) < 4.78 is 37.5. The van der Waals surface area contributed by atoms with Crippen LogP contribution in [0.25, 0.3) is 22.4 Å². The van der Waals surface area contributed by atoms with Crippen LogP contribution in [0.15, 0.2) is 43.1 Å². The van der Waals surface area contributed by atoms with Gasteiger partial charge in [0.25, 0.3) is 0 Å². The van der Waals surface area contributed by atoms with Crippen molar-refractivity contribution < 1.29 is 8.78 Å². The van der Waals surface area contributed by atoms with Crippen molar-refractivity contribution in [2.24, 2.45) is 0 Å². The third kappa shape index (κ3) is 6.84. The molecule has 0 saturated carbocycles. The number of aryl methyl sites for hydroxylation is 1. The molecule has 3 heterocycles. The molecule has 4 aromatic rings. The van der Waals surface area contributed by atoms with Crippen LogP contribution in [0.3, 0.4) is 0 Å². The number of rotatable bonds is 15. The Balaban J connectivity index is 1.71. The van der Waals surface area contributed by atoms with Gasteiger partial charge in [0.15, 0.2) is 0 Å². The van der Waals surface area contributed by atoms with Gasteiger partial charge in [-0.25, -0.2) is 0 Å². The third-order valence-corrected chi connectivity index (χ3v) is 23.6. The fraction of sp³-hybridized carbons (Fsp3) is 0.500. The van der Waals surface area contributed by atoms with Gasteiger partial charge in [0, 0.05) is 0 Å². The molecule has 0 bridgehead atoms. The monoisotopic (exact) mass is 663 g/mol. The number of imidazole rings is 2. The second-order valence-corrected chi connectivity index (χ2v) is 24.1. The van der Waals surface area contributed by atoms with E-state index in [1.807, 2.05) is 12.5 Å². The van der Waals surface area contributed by atoms with Gasteiger partial charge in [0.1, 0.15) is 0 Å². The zero-order valence-electron chi connectivity index (χ0n) is 23.4.